The van der Waals surface area contributed by atoms with Crippen LogP contribution in [0.5, 0.6) is 0 Å². The fourth-order valence-corrected chi connectivity index (χ4v) is 3.32. The summed E-state index contributed by atoms with van der Waals surface area (Å²) in [6.07, 6.45) is 4.37. The molecule has 1 aromatic rings. The van der Waals surface area contributed by atoms with Gasteiger partial charge in [-0.3, -0.25) is 30.0 Å². The van der Waals surface area contributed by atoms with E-state index in [1.807, 2.05) is 0 Å². The molecule has 4 N–H and O–H groups in total. The van der Waals surface area contributed by atoms with Crippen LogP contribution in [0.15, 0.2) is 24.3 Å². The van der Waals surface area contributed by atoms with Gasteiger partial charge in [-0.25, -0.2) is 0 Å². The molecule has 8 heteroatoms. The highest BCUT2D eigenvalue weighted by Crippen LogP contribution is 2.31. The lowest BCUT2D eigenvalue weighted by Gasteiger charge is -2.27. The van der Waals surface area contributed by atoms with Crippen molar-refractivity contribution < 1.29 is 24.3 Å². The molecule has 144 valence electrons. The summed E-state index contributed by atoms with van der Waals surface area (Å²) in [7, 11) is 0. The predicted molar refractivity (Wildman–Crippen MR) is 96.5 cm³/mol. The normalized spacial score (nSPS) is 21.8. The van der Waals surface area contributed by atoms with E-state index >= 15 is 0 Å². The van der Waals surface area contributed by atoms with Crippen molar-refractivity contribution in [3.05, 3.63) is 29.8 Å². The third kappa shape index (κ3) is 4.84. The molecule has 2 aliphatic carbocycles. The number of benzene rings is 1. The van der Waals surface area contributed by atoms with E-state index in [4.69, 9.17) is 0 Å². The molecule has 2 saturated carbocycles. The van der Waals surface area contributed by atoms with Crippen LogP contribution in [-0.2, 0) is 14.4 Å². The number of anilines is 1. The van der Waals surface area contributed by atoms with Crippen molar-refractivity contribution in [3.63, 3.8) is 0 Å². The van der Waals surface area contributed by atoms with Gasteiger partial charge in [0.25, 0.3) is 5.91 Å². The second kappa shape index (κ2) is 8.20. The summed E-state index contributed by atoms with van der Waals surface area (Å²) in [5.74, 6) is -3.25. The summed E-state index contributed by atoms with van der Waals surface area (Å²) >= 11 is 0. The van der Waals surface area contributed by atoms with Gasteiger partial charge in [0.05, 0.1) is 11.8 Å². The number of hydrazine groups is 1. The number of carbonyl (C=O) groups is 4. The molecule has 27 heavy (non-hydrogen) atoms. The number of carboxylic acids is 1. The number of rotatable bonds is 5. The average Bonchev–Trinajstić information content (AvgIpc) is 3.51. The van der Waals surface area contributed by atoms with E-state index in [1.165, 1.54) is 0 Å². The molecule has 0 aliphatic heterocycles. The van der Waals surface area contributed by atoms with E-state index in [2.05, 4.69) is 16.2 Å². The standard InChI is InChI=1S/C19H23N3O5/c23-16(11-5-6-11)20-13-9-7-12(8-10-13)17(24)21-22-18(25)14-3-1-2-4-15(14)19(26)27/h7-11,14-15H,1-6H2,(H,20,23)(H,21,24)(H,22,25)(H,26,27). The van der Waals surface area contributed by atoms with Crippen molar-refractivity contribution in [2.75, 3.05) is 5.32 Å². The van der Waals surface area contributed by atoms with Crippen LogP contribution in [0.1, 0.15) is 48.9 Å². The van der Waals surface area contributed by atoms with Crippen molar-refractivity contribution in [1.29, 1.82) is 0 Å². The smallest absolute Gasteiger partial charge is 0.307 e. The maximum absolute atomic E-state index is 12.3. The lowest BCUT2D eigenvalue weighted by atomic mass is 9.79. The Balaban J connectivity index is 1.51. The Morgan fingerprint density at radius 3 is 2.04 bits per heavy atom. The van der Waals surface area contributed by atoms with E-state index in [1.54, 1.807) is 24.3 Å². The molecule has 0 aromatic heterocycles. The number of nitrogens with one attached hydrogen (secondary N) is 3. The molecular formula is C19H23N3O5. The van der Waals surface area contributed by atoms with Crippen LogP contribution in [0.25, 0.3) is 0 Å². The Morgan fingerprint density at radius 2 is 1.44 bits per heavy atom. The van der Waals surface area contributed by atoms with Crippen molar-refractivity contribution >= 4 is 29.4 Å². The molecule has 0 heterocycles. The van der Waals surface area contributed by atoms with Crippen LogP contribution in [0, 0.1) is 17.8 Å². The monoisotopic (exact) mass is 373 g/mol. The molecule has 2 fully saturated rings. The average molecular weight is 373 g/mol. The Bertz CT molecular complexity index is 742. The molecule has 3 rings (SSSR count). The molecule has 3 amide bonds. The van der Waals surface area contributed by atoms with Crippen molar-refractivity contribution in [1.82, 2.24) is 10.9 Å². The van der Waals surface area contributed by atoms with Crippen molar-refractivity contribution in [3.8, 4) is 0 Å². The number of aliphatic carboxylic acids is 1. The first-order valence-electron chi connectivity index (χ1n) is 9.19. The van der Waals surface area contributed by atoms with Crippen LogP contribution < -0.4 is 16.2 Å². The van der Waals surface area contributed by atoms with E-state index in [9.17, 15) is 24.3 Å². The first-order chi connectivity index (χ1) is 13.0. The van der Waals surface area contributed by atoms with Crippen LogP contribution in [0.4, 0.5) is 5.69 Å². The first-order valence-corrected chi connectivity index (χ1v) is 9.19. The summed E-state index contributed by atoms with van der Waals surface area (Å²) in [5.41, 5.74) is 5.59. The minimum Gasteiger partial charge on any atom is -0.481 e. The van der Waals surface area contributed by atoms with Gasteiger partial charge in [0, 0.05) is 17.2 Å². The van der Waals surface area contributed by atoms with Gasteiger partial charge in [-0.15, -0.1) is 0 Å². The Hall–Kier alpha value is -2.90. The maximum atomic E-state index is 12.3. The quantitative estimate of drug-likeness (QED) is 0.585. The summed E-state index contributed by atoms with van der Waals surface area (Å²) in [4.78, 5) is 47.4. The van der Waals surface area contributed by atoms with E-state index in [-0.39, 0.29) is 11.8 Å². The zero-order valence-corrected chi connectivity index (χ0v) is 14.9. The minimum atomic E-state index is -0.981. The molecule has 0 saturated heterocycles. The molecule has 8 nitrogen and oxygen atoms in total. The zero-order valence-electron chi connectivity index (χ0n) is 14.9. The van der Waals surface area contributed by atoms with Gasteiger partial charge in [0.15, 0.2) is 0 Å². The molecule has 2 unspecified atom stereocenters. The molecule has 0 radical (unpaired) electrons. The number of hydrogen-bond donors (Lipinski definition) is 4. The zero-order chi connectivity index (χ0) is 19.4. The van der Waals surface area contributed by atoms with Gasteiger partial charge >= 0.3 is 5.97 Å². The summed E-state index contributed by atoms with van der Waals surface area (Å²) in [6.45, 7) is 0. The van der Waals surface area contributed by atoms with Crippen LogP contribution >= 0.6 is 0 Å². The van der Waals surface area contributed by atoms with E-state index in [0.717, 1.165) is 25.7 Å². The number of hydrogen-bond acceptors (Lipinski definition) is 4. The van der Waals surface area contributed by atoms with Crippen molar-refractivity contribution in [2.45, 2.75) is 38.5 Å². The van der Waals surface area contributed by atoms with Crippen molar-refractivity contribution in [2.24, 2.45) is 17.8 Å². The fourth-order valence-electron chi connectivity index (χ4n) is 3.32. The lowest BCUT2D eigenvalue weighted by Crippen LogP contribution is -2.47. The largest absolute Gasteiger partial charge is 0.481 e. The second-order valence-corrected chi connectivity index (χ2v) is 7.12. The van der Waals surface area contributed by atoms with Gasteiger partial charge in [0.2, 0.25) is 11.8 Å². The Labute approximate surface area is 156 Å². The fraction of sp³-hybridized carbons (Fsp3) is 0.474. The second-order valence-electron chi connectivity index (χ2n) is 7.12. The third-order valence-corrected chi connectivity index (χ3v) is 5.08. The summed E-state index contributed by atoms with van der Waals surface area (Å²) in [5, 5.41) is 12.0. The Morgan fingerprint density at radius 1 is 0.815 bits per heavy atom. The molecule has 2 aliphatic rings. The van der Waals surface area contributed by atoms with Gasteiger partial charge < -0.3 is 10.4 Å². The number of carbonyl (C=O) groups excluding carboxylic acids is 3. The van der Waals surface area contributed by atoms with E-state index < -0.39 is 29.6 Å². The van der Waals surface area contributed by atoms with Gasteiger partial charge in [-0.2, -0.15) is 0 Å². The topological polar surface area (TPSA) is 125 Å². The van der Waals surface area contributed by atoms with Crippen LogP contribution in [0.2, 0.25) is 0 Å². The highest BCUT2D eigenvalue weighted by molar-refractivity contribution is 5.97. The molecule has 2 atom stereocenters. The van der Waals surface area contributed by atoms with Crippen LogP contribution in [-0.4, -0.2) is 28.8 Å². The number of amides is 3. The predicted octanol–water partition coefficient (Wildman–Crippen LogP) is 1.69. The highest BCUT2D eigenvalue weighted by atomic mass is 16.4. The molecule has 0 bridgehead atoms. The maximum Gasteiger partial charge on any atom is 0.307 e. The molecule has 0 spiro atoms. The Kier molecular flexibility index (Phi) is 5.73. The summed E-state index contributed by atoms with van der Waals surface area (Å²) < 4.78 is 0. The van der Waals surface area contributed by atoms with E-state index in [0.29, 0.717) is 24.1 Å². The van der Waals surface area contributed by atoms with Gasteiger partial charge in [0.1, 0.15) is 0 Å². The van der Waals surface area contributed by atoms with Gasteiger partial charge in [-0.1, -0.05) is 12.8 Å². The third-order valence-electron chi connectivity index (χ3n) is 5.08. The summed E-state index contributed by atoms with van der Waals surface area (Å²) in [6, 6.07) is 6.34. The lowest BCUT2D eigenvalue weighted by molar-refractivity contribution is -0.149. The SMILES string of the molecule is O=C(NNC(=O)C1CCCCC1C(=O)O)c1ccc(NC(=O)C2CC2)cc1. The van der Waals surface area contributed by atoms with Crippen LogP contribution in [0.3, 0.4) is 0 Å². The first kappa shape index (κ1) is 18.9. The molecular weight excluding hydrogens is 350 g/mol. The highest BCUT2D eigenvalue weighted by Gasteiger charge is 2.35. The molecule has 1 aromatic carbocycles. The van der Waals surface area contributed by atoms with Gasteiger partial charge in [-0.05, 0) is 49.9 Å². The number of carboxylic acid groups (broad SMARTS) is 1. The minimum absolute atomic E-state index is 0.0140.